The summed E-state index contributed by atoms with van der Waals surface area (Å²) in [6.45, 7) is 2.55. The summed E-state index contributed by atoms with van der Waals surface area (Å²) in [6, 6.07) is 8.32. The molecule has 1 aromatic carbocycles. The average molecular weight is 284 g/mol. The minimum atomic E-state index is -3.53. The smallest absolute Gasteiger partial charge is 0.255 e. The maximum Gasteiger partial charge on any atom is 0.255 e. The maximum absolute atomic E-state index is 12.1. The Morgan fingerprint density at radius 3 is 2.21 bits per heavy atom. The van der Waals surface area contributed by atoms with Crippen molar-refractivity contribution >= 4 is 10.0 Å². The quantitative estimate of drug-likeness (QED) is 0.431. The Morgan fingerprint density at radius 1 is 1.00 bits per heavy atom. The second-order valence-corrected chi connectivity index (χ2v) is 6.59. The van der Waals surface area contributed by atoms with E-state index in [1.807, 2.05) is 0 Å². The minimum Gasteiger partial charge on any atom is -0.255 e. The molecule has 1 aromatic rings. The molecule has 0 fully saturated rings. The molecule has 0 bridgehead atoms. The van der Waals surface area contributed by atoms with Crippen molar-refractivity contribution in [2.75, 3.05) is 6.54 Å². The van der Waals surface area contributed by atoms with Crippen LogP contribution in [0.25, 0.3) is 0 Å². The van der Waals surface area contributed by atoms with Gasteiger partial charge >= 0.3 is 0 Å². The molecule has 0 saturated carbocycles. The lowest BCUT2D eigenvalue weighted by atomic mass is 10.1. The molecule has 5 heteroatoms. The van der Waals surface area contributed by atoms with E-state index in [9.17, 15) is 8.42 Å². The summed E-state index contributed by atoms with van der Waals surface area (Å²) in [5.41, 5.74) is 0. The number of hydrogen-bond acceptors (Lipinski definition) is 3. The van der Waals surface area contributed by atoms with Gasteiger partial charge in [0.2, 0.25) is 0 Å². The molecule has 19 heavy (non-hydrogen) atoms. The van der Waals surface area contributed by atoms with Crippen LogP contribution in [-0.4, -0.2) is 19.4 Å². The van der Waals surface area contributed by atoms with E-state index >= 15 is 0 Å². The predicted molar refractivity (Wildman–Crippen MR) is 77.9 cm³/mol. The van der Waals surface area contributed by atoms with Crippen molar-refractivity contribution in [1.29, 1.82) is 0 Å². The zero-order valence-electron chi connectivity index (χ0n) is 11.6. The van der Waals surface area contributed by atoms with Crippen LogP contribution in [0.15, 0.2) is 35.2 Å². The van der Waals surface area contributed by atoms with E-state index in [0.29, 0.717) is 6.54 Å². The first-order chi connectivity index (χ1) is 9.09. The summed E-state index contributed by atoms with van der Waals surface area (Å²) in [4.78, 5) is 0.253. The number of hydrazine groups is 1. The third-order valence-corrected chi connectivity index (χ3v) is 4.75. The predicted octanol–water partition coefficient (Wildman–Crippen LogP) is 2.91. The van der Waals surface area contributed by atoms with Crippen LogP contribution >= 0.6 is 0 Å². The van der Waals surface area contributed by atoms with Gasteiger partial charge in [0.05, 0.1) is 4.90 Å². The first kappa shape index (κ1) is 16.1. The van der Waals surface area contributed by atoms with Gasteiger partial charge in [0.1, 0.15) is 0 Å². The van der Waals surface area contributed by atoms with Gasteiger partial charge < -0.3 is 0 Å². The van der Waals surface area contributed by atoms with E-state index in [0.717, 1.165) is 23.7 Å². The van der Waals surface area contributed by atoms with E-state index in [2.05, 4.69) is 6.92 Å². The van der Waals surface area contributed by atoms with Gasteiger partial charge in [0.25, 0.3) is 10.0 Å². The molecule has 1 rings (SSSR count). The van der Waals surface area contributed by atoms with Crippen LogP contribution in [0, 0.1) is 0 Å². The molecule has 108 valence electrons. The largest absolute Gasteiger partial charge is 0.255 e. The molecule has 0 aliphatic rings. The van der Waals surface area contributed by atoms with Crippen molar-refractivity contribution in [2.24, 2.45) is 5.84 Å². The van der Waals surface area contributed by atoms with Crippen molar-refractivity contribution in [2.45, 2.75) is 50.3 Å². The Labute approximate surface area is 116 Å². The highest BCUT2D eigenvalue weighted by Crippen LogP contribution is 2.13. The lowest BCUT2D eigenvalue weighted by Gasteiger charge is -2.16. The zero-order valence-corrected chi connectivity index (χ0v) is 12.4. The number of unbranched alkanes of at least 4 members (excludes halogenated alkanes) is 5. The fraction of sp³-hybridized carbons (Fsp3) is 0.571. The number of hydrogen-bond donors (Lipinski definition) is 1. The van der Waals surface area contributed by atoms with Crippen molar-refractivity contribution in [3.05, 3.63) is 30.3 Å². The van der Waals surface area contributed by atoms with Gasteiger partial charge in [-0.25, -0.2) is 8.42 Å². The molecular formula is C14H24N2O2S. The molecule has 0 aromatic heterocycles. The molecule has 0 saturated heterocycles. The number of nitrogens with two attached hydrogens (primary N) is 1. The van der Waals surface area contributed by atoms with Crippen LogP contribution in [-0.2, 0) is 10.0 Å². The third kappa shape index (κ3) is 5.30. The molecule has 0 unspecified atom stereocenters. The molecule has 2 N–H and O–H groups in total. The lowest BCUT2D eigenvalue weighted by Crippen LogP contribution is -2.38. The molecule has 4 nitrogen and oxygen atoms in total. The Bertz CT molecular complexity index is 446. The van der Waals surface area contributed by atoms with Crippen molar-refractivity contribution in [3.63, 3.8) is 0 Å². The topological polar surface area (TPSA) is 63.4 Å². The van der Waals surface area contributed by atoms with E-state index in [-0.39, 0.29) is 4.90 Å². The second-order valence-electron chi connectivity index (χ2n) is 4.70. The monoisotopic (exact) mass is 284 g/mol. The van der Waals surface area contributed by atoms with E-state index in [4.69, 9.17) is 5.84 Å². The van der Waals surface area contributed by atoms with Gasteiger partial charge in [-0.05, 0) is 18.6 Å². The normalized spacial score (nSPS) is 11.9. The van der Waals surface area contributed by atoms with E-state index in [1.54, 1.807) is 30.3 Å². The van der Waals surface area contributed by atoms with Gasteiger partial charge in [-0.3, -0.25) is 5.84 Å². The third-order valence-electron chi connectivity index (χ3n) is 3.08. The van der Waals surface area contributed by atoms with E-state index in [1.165, 1.54) is 19.3 Å². The molecule has 0 aliphatic heterocycles. The lowest BCUT2D eigenvalue weighted by molar-refractivity contribution is 0.409. The highest BCUT2D eigenvalue weighted by atomic mass is 32.2. The molecule has 0 amide bonds. The average Bonchev–Trinajstić information content (AvgIpc) is 2.43. The number of sulfonamides is 1. The van der Waals surface area contributed by atoms with Gasteiger partial charge in [-0.15, -0.1) is 4.41 Å². The molecule has 0 radical (unpaired) electrons. The first-order valence-electron chi connectivity index (χ1n) is 6.91. The summed E-state index contributed by atoms with van der Waals surface area (Å²) < 4.78 is 25.2. The fourth-order valence-corrected chi connectivity index (χ4v) is 3.04. The summed E-state index contributed by atoms with van der Waals surface area (Å²) in [5.74, 6) is 5.67. The van der Waals surface area contributed by atoms with Crippen LogP contribution < -0.4 is 5.84 Å². The Balaban J connectivity index is 2.39. The Morgan fingerprint density at radius 2 is 1.58 bits per heavy atom. The van der Waals surface area contributed by atoms with Crippen LogP contribution in [0.3, 0.4) is 0 Å². The number of benzene rings is 1. The molecule has 0 spiro atoms. The molecule has 0 atom stereocenters. The van der Waals surface area contributed by atoms with E-state index < -0.39 is 10.0 Å². The molecule has 0 aliphatic carbocycles. The van der Waals surface area contributed by atoms with Crippen LogP contribution in [0.2, 0.25) is 0 Å². The standard InChI is InChI=1S/C14H24N2O2S/c1-2-3-4-5-6-10-13-16(15)19(17,18)14-11-8-7-9-12-14/h7-9,11-12H,2-6,10,13,15H2,1H3. The summed E-state index contributed by atoms with van der Waals surface area (Å²) in [6.07, 6.45) is 6.66. The fourth-order valence-electron chi connectivity index (χ4n) is 1.90. The van der Waals surface area contributed by atoms with Gasteiger partial charge in [-0.2, -0.15) is 0 Å². The van der Waals surface area contributed by atoms with Gasteiger partial charge in [-0.1, -0.05) is 57.2 Å². The summed E-state index contributed by atoms with van der Waals surface area (Å²) in [7, 11) is -3.53. The van der Waals surface area contributed by atoms with Crippen LogP contribution in [0.5, 0.6) is 0 Å². The number of nitrogens with zero attached hydrogens (tertiary/aromatic N) is 1. The van der Waals surface area contributed by atoms with Crippen molar-refractivity contribution in [1.82, 2.24) is 4.41 Å². The van der Waals surface area contributed by atoms with Gasteiger partial charge in [0, 0.05) is 6.54 Å². The van der Waals surface area contributed by atoms with Crippen molar-refractivity contribution in [3.8, 4) is 0 Å². The molecular weight excluding hydrogens is 260 g/mol. The Kier molecular flexibility index (Phi) is 7.05. The van der Waals surface area contributed by atoms with Crippen LogP contribution in [0.1, 0.15) is 45.4 Å². The Hall–Kier alpha value is -0.910. The highest BCUT2D eigenvalue weighted by Gasteiger charge is 2.20. The van der Waals surface area contributed by atoms with Crippen molar-refractivity contribution < 1.29 is 8.42 Å². The highest BCUT2D eigenvalue weighted by molar-refractivity contribution is 7.89. The number of rotatable bonds is 9. The maximum atomic E-state index is 12.1. The summed E-state index contributed by atoms with van der Waals surface area (Å²) in [5, 5.41) is 0. The SMILES string of the molecule is CCCCCCCCN(N)S(=O)(=O)c1ccccc1. The van der Waals surface area contributed by atoms with Crippen LogP contribution in [0.4, 0.5) is 0 Å². The first-order valence-corrected chi connectivity index (χ1v) is 8.35. The van der Waals surface area contributed by atoms with Gasteiger partial charge in [0.15, 0.2) is 0 Å². The molecule has 0 heterocycles. The second kappa shape index (κ2) is 8.30. The zero-order chi connectivity index (χ0) is 14.1. The summed E-state index contributed by atoms with van der Waals surface area (Å²) >= 11 is 0. The minimum absolute atomic E-state index is 0.253.